The third kappa shape index (κ3) is 2.46. The van der Waals surface area contributed by atoms with Gasteiger partial charge in [-0.2, -0.15) is 0 Å². The Kier molecular flexibility index (Phi) is 3.29. The van der Waals surface area contributed by atoms with E-state index in [1.807, 2.05) is 0 Å². The van der Waals surface area contributed by atoms with Gasteiger partial charge in [0.15, 0.2) is 0 Å². The molecule has 0 amide bonds. The minimum atomic E-state index is -1.06. The molecule has 0 aliphatic heterocycles. The van der Waals surface area contributed by atoms with Crippen molar-refractivity contribution in [3.05, 3.63) is 24.5 Å². The third-order valence-corrected chi connectivity index (χ3v) is 2.55. The van der Waals surface area contributed by atoms with Gasteiger partial charge in [0.25, 0.3) is 0 Å². The number of carboxylic acid groups (broad SMARTS) is 1. The summed E-state index contributed by atoms with van der Waals surface area (Å²) in [4.78, 5) is 22.1. The maximum atomic E-state index is 11.5. The van der Waals surface area contributed by atoms with E-state index >= 15 is 0 Å². The summed E-state index contributed by atoms with van der Waals surface area (Å²) >= 11 is 0. The van der Waals surface area contributed by atoms with Crippen LogP contribution in [-0.2, 0) is 14.3 Å². The van der Waals surface area contributed by atoms with E-state index in [1.54, 1.807) is 13.0 Å². The highest BCUT2D eigenvalue weighted by Crippen LogP contribution is 2.47. The number of carbonyl (C=O) groups excluding carboxylic acids is 1. The molecule has 1 aliphatic rings. The number of aliphatic carboxylic acids is 1. The van der Waals surface area contributed by atoms with E-state index in [4.69, 9.17) is 9.84 Å². The topological polar surface area (TPSA) is 63.6 Å². The van der Waals surface area contributed by atoms with Gasteiger partial charge < -0.3 is 9.84 Å². The highest BCUT2D eigenvalue weighted by molar-refractivity contribution is 5.87. The lowest BCUT2D eigenvalue weighted by Gasteiger charge is -2.06. The second-order valence-electron chi connectivity index (χ2n) is 3.57. The first-order valence-corrected chi connectivity index (χ1v) is 4.83. The molecule has 1 saturated carbocycles. The first kappa shape index (κ1) is 11.5. The molecule has 0 atom stereocenters. The van der Waals surface area contributed by atoms with Crippen molar-refractivity contribution in [1.82, 2.24) is 0 Å². The highest BCUT2D eigenvalue weighted by atomic mass is 16.5. The molecule has 1 fully saturated rings. The van der Waals surface area contributed by atoms with Crippen molar-refractivity contribution in [3.8, 4) is 0 Å². The smallest absolute Gasteiger partial charge is 0.334 e. The molecule has 4 heteroatoms. The number of carboxylic acids is 1. The quantitative estimate of drug-likeness (QED) is 0.325. The number of hydrogen-bond acceptors (Lipinski definition) is 3. The molecule has 0 radical (unpaired) electrons. The lowest BCUT2D eigenvalue weighted by Crippen LogP contribution is -2.14. The zero-order chi connectivity index (χ0) is 11.5. The summed E-state index contributed by atoms with van der Waals surface area (Å²) in [7, 11) is 0. The number of hydrogen-bond donors (Lipinski definition) is 1. The standard InChI is InChI=1S/C11H14O4/c1-3-8(9(12)13)7-15-10(14)11(4-2)5-6-11/h4,7H,2-3,5-6H2,1H3,(H,12,13). The minimum absolute atomic E-state index is 0.0863. The van der Waals surface area contributed by atoms with Crippen molar-refractivity contribution in [3.63, 3.8) is 0 Å². The van der Waals surface area contributed by atoms with Gasteiger partial charge in [-0.1, -0.05) is 13.0 Å². The molecule has 0 heterocycles. The average Bonchev–Trinajstić information content (AvgIpc) is 2.98. The van der Waals surface area contributed by atoms with Gasteiger partial charge in [0.1, 0.15) is 6.26 Å². The normalized spacial score (nSPS) is 18.1. The van der Waals surface area contributed by atoms with Crippen molar-refractivity contribution < 1.29 is 19.4 Å². The number of carbonyl (C=O) groups is 2. The molecule has 4 nitrogen and oxygen atoms in total. The second-order valence-corrected chi connectivity index (χ2v) is 3.57. The van der Waals surface area contributed by atoms with E-state index in [9.17, 15) is 9.59 Å². The van der Waals surface area contributed by atoms with E-state index in [0.29, 0.717) is 6.42 Å². The lowest BCUT2D eigenvalue weighted by atomic mass is 10.1. The van der Waals surface area contributed by atoms with E-state index in [-0.39, 0.29) is 5.57 Å². The summed E-state index contributed by atoms with van der Waals surface area (Å²) in [6, 6.07) is 0. The molecule has 0 aromatic rings. The van der Waals surface area contributed by atoms with Crippen molar-refractivity contribution in [2.24, 2.45) is 5.41 Å². The van der Waals surface area contributed by atoms with Crippen LogP contribution in [0.4, 0.5) is 0 Å². The number of ether oxygens (including phenoxy) is 1. The van der Waals surface area contributed by atoms with Crippen molar-refractivity contribution >= 4 is 11.9 Å². The molecule has 0 spiro atoms. The third-order valence-electron chi connectivity index (χ3n) is 2.55. The van der Waals surface area contributed by atoms with Crippen LogP contribution in [0, 0.1) is 5.41 Å². The fourth-order valence-corrected chi connectivity index (χ4v) is 1.15. The predicted octanol–water partition coefficient (Wildman–Crippen LogP) is 1.87. The summed E-state index contributed by atoms with van der Waals surface area (Å²) < 4.78 is 4.82. The van der Waals surface area contributed by atoms with Crippen LogP contribution in [0.2, 0.25) is 0 Å². The molecular formula is C11H14O4. The zero-order valence-electron chi connectivity index (χ0n) is 8.66. The monoisotopic (exact) mass is 210 g/mol. The molecule has 0 bridgehead atoms. The molecule has 1 aliphatic carbocycles. The first-order valence-electron chi connectivity index (χ1n) is 4.83. The Morgan fingerprint density at radius 1 is 1.53 bits per heavy atom. The Morgan fingerprint density at radius 3 is 2.47 bits per heavy atom. The summed E-state index contributed by atoms with van der Waals surface area (Å²) in [5.41, 5.74) is -0.475. The number of rotatable bonds is 5. The fourth-order valence-electron chi connectivity index (χ4n) is 1.15. The van der Waals surface area contributed by atoms with Gasteiger partial charge in [0.2, 0.25) is 0 Å². The van der Waals surface area contributed by atoms with Gasteiger partial charge in [0.05, 0.1) is 11.0 Å². The van der Waals surface area contributed by atoms with Crippen LogP contribution in [-0.4, -0.2) is 17.0 Å². The molecule has 15 heavy (non-hydrogen) atoms. The summed E-state index contributed by atoms with van der Waals surface area (Å²) in [5, 5.41) is 8.68. The van der Waals surface area contributed by atoms with Gasteiger partial charge in [-0.3, -0.25) is 4.79 Å². The van der Waals surface area contributed by atoms with Crippen LogP contribution >= 0.6 is 0 Å². The molecule has 0 unspecified atom stereocenters. The van der Waals surface area contributed by atoms with Crippen molar-refractivity contribution in [2.45, 2.75) is 26.2 Å². The SMILES string of the molecule is C=CC1(C(=O)OC=C(CC)C(=O)O)CC1. The van der Waals surface area contributed by atoms with E-state index < -0.39 is 17.4 Å². The first-order chi connectivity index (χ1) is 7.05. The Labute approximate surface area is 88.2 Å². The van der Waals surface area contributed by atoms with Crippen molar-refractivity contribution in [2.75, 3.05) is 0 Å². The van der Waals surface area contributed by atoms with Gasteiger partial charge in [-0.25, -0.2) is 4.79 Å². The van der Waals surface area contributed by atoms with Crippen LogP contribution in [0.5, 0.6) is 0 Å². The molecule has 82 valence electrons. The Hall–Kier alpha value is -1.58. The molecule has 0 aromatic heterocycles. The van der Waals surface area contributed by atoms with Crippen molar-refractivity contribution in [1.29, 1.82) is 0 Å². The molecule has 0 aromatic carbocycles. The van der Waals surface area contributed by atoms with E-state index in [1.165, 1.54) is 0 Å². The van der Waals surface area contributed by atoms with Crippen LogP contribution in [0.25, 0.3) is 0 Å². The fraction of sp³-hybridized carbons (Fsp3) is 0.455. The average molecular weight is 210 g/mol. The summed E-state index contributed by atoms with van der Waals surface area (Å²) in [6.07, 6.45) is 4.38. The molecule has 0 saturated heterocycles. The van der Waals surface area contributed by atoms with Crippen LogP contribution < -0.4 is 0 Å². The lowest BCUT2D eigenvalue weighted by molar-refractivity contribution is -0.142. The maximum absolute atomic E-state index is 11.5. The van der Waals surface area contributed by atoms with E-state index in [2.05, 4.69) is 6.58 Å². The summed E-state index contributed by atoms with van der Waals surface area (Å²) in [6.45, 7) is 5.25. The Balaban J connectivity index is 2.59. The minimum Gasteiger partial charge on any atom is -0.478 e. The Bertz CT molecular complexity index is 323. The zero-order valence-corrected chi connectivity index (χ0v) is 8.66. The van der Waals surface area contributed by atoms with Gasteiger partial charge in [0, 0.05) is 0 Å². The van der Waals surface area contributed by atoms with Gasteiger partial charge >= 0.3 is 11.9 Å². The van der Waals surface area contributed by atoms with E-state index in [0.717, 1.165) is 19.1 Å². The van der Waals surface area contributed by atoms with Crippen LogP contribution in [0.1, 0.15) is 26.2 Å². The number of esters is 1. The Morgan fingerprint density at radius 2 is 2.13 bits per heavy atom. The maximum Gasteiger partial charge on any atom is 0.334 e. The van der Waals surface area contributed by atoms with Gasteiger partial charge in [-0.15, -0.1) is 6.58 Å². The largest absolute Gasteiger partial charge is 0.478 e. The summed E-state index contributed by atoms with van der Waals surface area (Å²) in [5.74, 6) is -1.47. The molecule has 1 rings (SSSR count). The highest BCUT2D eigenvalue weighted by Gasteiger charge is 2.48. The van der Waals surface area contributed by atoms with Gasteiger partial charge in [-0.05, 0) is 19.3 Å². The molecular weight excluding hydrogens is 196 g/mol. The van der Waals surface area contributed by atoms with Crippen LogP contribution in [0.15, 0.2) is 24.5 Å². The van der Waals surface area contributed by atoms with Crippen LogP contribution in [0.3, 0.4) is 0 Å². The predicted molar refractivity (Wildman–Crippen MR) is 54.0 cm³/mol. The molecule has 1 N–H and O–H groups in total. The second kappa shape index (κ2) is 4.29.